The molecule has 2 atom stereocenters. The van der Waals surface area contributed by atoms with Crippen molar-refractivity contribution in [3.63, 3.8) is 0 Å². The molecule has 1 aromatic carbocycles. The Balaban J connectivity index is 0. The van der Waals surface area contributed by atoms with E-state index >= 15 is 0 Å². The molecule has 19 heavy (non-hydrogen) atoms. The van der Waals surface area contributed by atoms with Crippen LogP contribution in [0.1, 0.15) is 32.4 Å². The molecule has 0 saturated carbocycles. The van der Waals surface area contributed by atoms with E-state index in [0.717, 1.165) is 5.56 Å². The SMILES string of the molecule is CCOC(=O)[C@H](C)O[C@@H](C)c1ccc(O)cc1.S.S. The second kappa shape index (κ2) is 10.00. The van der Waals surface area contributed by atoms with Crippen molar-refractivity contribution in [1.82, 2.24) is 0 Å². The Morgan fingerprint density at radius 2 is 1.74 bits per heavy atom. The van der Waals surface area contributed by atoms with Gasteiger partial charge in [-0.3, -0.25) is 0 Å². The van der Waals surface area contributed by atoms with Crippen LogP contribution in [-0.4, -0.2) is 23.8 Å². The number of carbonyl (C=O) groups excluding carboxylic acids is 1. The van der Waals surface area contributed by atoms with Gasteiger partial charge in [-0.15, -0.1) is 0 Å². The number of phenols is 1. The van der Waals surface area contributed by atoms with Crippen LogP contribution >= 0.6 is 27.0 Å². The van der Waals surface area contributed by atoms with Crippen LogP contribution in [0.5, 0.6) is 5.75 Å². The van der Waals surface area contributed by atoms with Crippen molar-refractivity contribution < 1.29 is 19.4 Å². The predicted molar refractivity (Wildman–Crippen MR) is 84.5 cm³/mol. The summed E-state index contributed by atoms with van der Waals surface area (Å²) in [5.74, 6) is -0.155. The molecule has 0 aliphatic rings. The molecule has 6 heteroatoms. The number of hydrogen-bond donors (Lipinski definition) is 1. The minimum atomic E-state index is -0.598. The Labute approximate surface area is 128 Å². The highest BCUT2D eigenvalue weighted by molar-refractivity contribution is 7.59. The predicted octanol–water partition coefficient (Wildman–Crippen LogP) is 2.65. The summed E-state index contributed by atoms with van der Waals surface area (Å²) in [4.78, 5) is 11.4. The van der Waals surface area contributed by atoms with E-state index in [1.54, 1.807) is 38.1 Å². The molecule has 0 spiro atoms. The Hall–Kier alpha value is -0.850. The molecule has 0 radical (unpaired) electrons. The van der Waals surface area contributed by atoms with Gasteiger partial charge in [-0.25, -0.2) is 4.79 Å². The zero-order chi connectivity index (χ0) is 12.8. The number of ether oxygens (including phenoxy) is 2. The summed E-state index contributed by atoms with van der Waals surface area (Å²) in [6, 6.07) is 6.70. The fraction of sp³-hybridized carbons (Fsp3) is 0.462. The molecule has 110 valence electrons. The summed E-state index contributed by atoms with van der Waals surface area (Å²) in [5.41, 5.74) is 0.902. The second-order valence-corrected chi connectivity index (χ2v) is 3.76. The molecule has 0 aliphatic carbocycles. The third-order valence-electron chi connectivity index (χ3n) is 2.39. The number of carbonyl (C=O) groups is 1. The summed E-state index contributed by atoms with van der Waals surface area (Å²) >= 11 is 0. The summed E-state index contributed by atoms with van der Waals surface area (Å²) < 4.78 is 10.4. The van der Waals surface area contributed by atoms with E-state index in [2.05, 4.69) is 0 Å². The molecule has 1 aromatic rings. The second-order valence-electron chi connectivity index (χ2n) is 3.76. The topological polar surface area (TPSA) is 55.8 Å². The van der Waals surface area contributed by atoms with E-state index in [1.807, 2.05) is 6.92 Å². The zero-order valence-corrected chi connectivity index (χ0v) is 13.3. The Bertz CT molecular complexity index is 367. The van der Waals surface area contributed by atoms with Crippen molar-refractivity contribution >= 4 is 33.0 Å². The van der Waals surface area contributed by atoms with Gasteiger partial charge in [0.1, 0.15) is 5.75 Å². The first kappa shape index (κ1) is 20.5. The van der Waals surface area contributed by atoms with Crippen LogP contribution < -0.4 is 0 Å². The first-order valence-electron chi connectivity index (χ1n) is 5.65. The monoisotopic (exact) mass is 306 g/mol. The lowest BCUT2D eigenvalue weighted by Crippen LogP contribution is -2.24. The fourth-order valence-corrected chi connectivity index (χ4v) is 1.45. The van der Waals surface area contributed by atoms with Crippen molar-refractivity contribution in [1.29, 1.82) is 0 Å². The van der Waals surface area contributed by atoms with Gasteiger partial charge < -0.3 is 14.6 Å². The van der Waals surface area contributed by atoms with Gasteiger partial charge in [0.25, 0.3) is 0 Å². The van der Waals surface area contributed by atoms with Gasteiger partial charge in [0.15, 0.2) is 6.10 Å². The first-order valence-corrected chi connectivity index (χ1v) is 5.65. The smallest absolute Gasteiger partial charge is 0.334 e. The molecule has 0 amide bonds. The van der Waals surface area contributed by atoms with Gasteiger partial charge in [0, 0.05) is 0 Å². The number of benzene rings is 1. The van der Waals surface area contributed by atoms with Gasteiger partial charge in [0.05, 0.1) is 12.7 Å². The van der Waals surface area contributed by atoms with Crippen LogP contribution in [0, 0.1) is 0 Å². The molecule has 1 rings (SSSR count). The standard InChI is InChI=1S/C13H18O4.2H2S/c1-4-16-13(15)10(3)17-9(2)11-5-7-12(14)8-6-11;;/h5-10,14H,4H2,1-3H3;2*1H2/t9-,10-;;/m0../s1. The molecule has 0 fully saturated rings. The number of phenolic OH excluding ortho intramolecular Hbond substituents is 1. The van der Waals surface area contributed by atoms with Crippen LogP contribution in [0.2, 0.25) is 0 Å². The average Bonchev–Trinajstić information content (AvgIpc) is 2.30. The van der Waals surface area contributed by atoms with Gasteiger partial charge in [-0.05, 0) is 38.5 Å². The van der Waals surface area contributed by atoms with Gasteiger partial charge in [-0.2, -0.15) is 27.0 Å². The molecular formula is C13H22O4S2. The van der Waals surface area contributed by atoms with Crippen molar-refractivity contribution in [2.24, 2.45) is 0 Å². The van der Waals surface area contributed by atoms with E-state index in [4.69, 9.17) is 14.6 Å². The quantitative estimate of drug-likeness (QED) is 0.850. The van der Waals surface area contributed by atoms with E-state index < -0.39 is 6.10 Å². The molecule has 0 bridgehead atoms. The maximum atomic E-state index is 11.4. The van der Waals surface area contributed by atoms with Gasteiger partial charge >= 0.3 is 5.97 Å². The Kier molecular flexibility index (Phi) is 10.8. The number of aromatic hydroxyl groups is 1. The molecular weight excluding hydrogens is 284 g/mol. The molecule has 1 N–H and O–H groups in total. The minimum absolute atomic E-state index is 0. The van der Waals surface area contributed by atoms with Crippen molar-refractivity contribution in [2.75, 3.05) is 6.61 Å². The van der Waals surface area contributed by atoms with E-state index in [9.17, 15) is 4.79 Å². The third kappa shape index (κ3) is 6.75. The summed E-state index contributed by atoms with van der Waals surface area (Å²) in [6.07, 6.45) is -0.825. The zero-order valence-electron chi connectivity index (χ0n) is 11.3. The molecule has 0 saturated heterocycles. The Morgan fingerprint density at radius 1 is 1.21 bits per heavy atom. The lowest BCUT2D eigenvalue weighted by Gasteiger charge is -2.18. The molecule has 0 aliphatic heterocycles. The van der Waals surface area contributed by atoms with Gasteiger partial charge in [-0.1, -0.05) is 12.1 Å². The molecule has 0 aromatic heterocycles. The molecule has 4 nitrogen and oxygen atoms in total. The number of rotatable bonds is 5. The minimum Gasteiger partial charge on any atom is -0.508 e. The lowest BCUT2D eigenvalue weighted by molar-refractivity contribution is -0.158. The van der Waals surface area contributed by atoms with Crippen molar-refractivity contribution in [3.8, 4) is 5.75 Å². The molecule has 0 unspecified atom stereocenters. The van der Waals surface area contributed by atoms with Crippen molar-refractivity contribution in [2.45, 2.75) is 33.0 Å². The average molecular weight is 306 g/mol. The van der Waals surface area contributed by atoms with Crippen LogP contribution in [0.4, 0.5) is 0 Å². The highest BCUT2D eigenvalue weighted by atomic mass is 32.1. The van der Waals surface area contributed by atoms with Crippen LogP contribution in [0.25, 0.3) is 0 Å². The number of hydrogen-bond acceptors (Lipinski definition) is 4. The largest absolute Gasteiger partial charge is 0.508 e. The summed E-state index contributed by atoms with van der Waals surface area (Å²) in [6.45, 7) is 5.62. The lowest BCUT2D eigenvalue weighted by atomic mass is 10.1. The third-order valence-corrected chi connectivity index (χ3v) is 2.39. The van der Waals surface area contributed by atoms with E-state index in [-0.39, 0.29) is 44.8 Å². The fourth-order valence-electron chi connectivity index (χ4n) is 1.45. The maximum Gasteiger partial charge on any atom is 0.334 e. The normalized spacial score (nSPS) is 12.6. The van der Waals surface area contributed by atoms with Gasteiger partial charge in [0.2, 0.25) is 0 Å². The number of esters is 1. The van der Waals surface area contributed by atoms with Crippen LogP contribution in [-0.2, 0) is 14.3 Å². The highest BCUT2D eigenvalue weighted by Gasteiger charge is 2.18. The summed E-state index contributed by atoms with van der Waals surface area (Å²) in [7, 11) is 0. The highest BCUT2D eigenvalue weighted by Crippen LogP contribution is 2.21. The Morgan fingerprint density at radius 3 is 2.21 bits per heavy atom. The molecule has 0 heterocycles. The maximum absolute atomic E-state index is 11.4. The van der Waals surface area contributed by atoms with Crippen LogP contribution in [0.15, 0.2) is 24.3 Å². The summed E-state index contributed by atoms with van der Waals surface area (Å²) in [5, 5.41) is 9.16. The van der Waals surface area contributed by atoms with E-state index in [1.165, 1.54) is 0 Å². The van der Waals surface area contributed by atoms with E-state index in [0.29, 0.717) is 6.61 Å². The first-order chi connectivity index (χ1) is 8.04. The van der Waals surface area contributed by atoms with Crippen molar-refractivity contribution in [3.05, 3.63) is 29.8 Å². The van der Waals surface area contributed by atoms with Crippen LogP contribution in [0.3, 0.4) is 0 Å².